The van der Waals surface area contributed by atoms with Gasteiger partial charge in [0, 0.05) is 8.95 Å². The van der Waals surface area contributed by atoms with Crippen LogP contribution >= 0.6 is 31.9 Å². The number of hydrogen-bond acceptors (Lipinski definition) is 0. The van der Waals surface area contributed by atoms with Crippen LogP contribution in [0.1, 0.15) is 5.56 Å². The van der Waals surface area contributed by atoms with Crippen LogP contribution in [0.5, 0.6) is 0 Å². The lowest BCUT2D eigenvalue weighted by Gasteiger charge is -1.95. The van der Waals surface area contributed by atoms with Crippen molar-refractivity contribution in [2.45, 2.75) is 0 Å². The summed E-state index contributed by atoms with van der Waals surface area (Å²) in [7, 11) is 0. The van der Waals surface area contributed by atoms with Gasteiger partial charge in [-0.25, -0.2) is 0 Å². The summed E-state index contributed by atoms with van der Waals surface area (Å²) in [5, 5.41) is 0. The van der Waals surface area contributed by atoms with Crippen molar-refractivity contribution in [3.05, 3.63) is 45.4 Å². The van der Waals surface area contributed by atoms with Crippen molar-refractivity contribution < 1.29 is 0 Å². The zero-order valence-corrected chi connectivity index (χ0v) is 8.37. The summed E-state index contributed by atoms with van der Waals surface area (Å²) in [4.78, 5) is 0. The largest absolute Gasteiger partial charge is 0.0906 e. The van der Waals surface area contributed by atoms with Gasteiger partial charge < -0.3 is 0 Å². The van der Waals surface area contributed by atoms with E-state index in [9.17, 15) is 0 Å². The lowest BCUT2D eigenvalue weighted by molar-refractivity contribution is 1.51. The minimum absolute atomic E-state index is 0.995. The van der Waals surface area contributed by atoms with Gasteiger partial charge in [0.2, 0.25) is 0 Å². The van der Waals surface area contributed by atoms with Crippen LogP contribution in [0.4, 0.5) is 0 Å². The molecule has 0 N–H and O–H groups in total. The van der Waals surface area contributed by atoms with E-state index in [1.807, 2.05) is 18.2 Å². The van der Waals surface area contributed by atoms with Gasteiger partial charge in [-0.2, -0.15) is 0 Å². The predicted molar refractivity (Wildman–Crippen MR) is 49.8 cm³/mol. The molecule has 0 unspecified atom stereocenters. The molecule has 1 radical (unpaired) electrons. The fraction of sp³-hybridized carbons (Fsp3) is 0. The minimum atomic E-state index is 0.995. The van der Waals surface area contributed by atoms with Crippen LogP contribution in [0.2, 0.25) is 0 Å². The molecular weight excluding hydrogens is 256 g/mol. The standard InChI is InChI=1S/C8H5Br2/c1-2-6-3-4-7(9)8(10)5-6/h3-5H,1H2. The summed E-state index contributed by atoms with van der Waals surface area (Å²) in [6.07, 6.45) is 2.79. The lowest BCUT2D eigenvalue weighted by atomic mass is 10.2. The maximum Gasteiger partial charge on any atom is 0.0323 e. The highest BCUT2D eigenvalue weighted by molar-refractivity contribution is 9.13. The Morgan fingerprint density at radius 1 is 1.20 bits per heavy atom. The number of benzene rings is 1. The molecule has 0 bridgehead atoms. The molecule has 1 aromatic carbocycles. The smallest absolute Gasteiger partial charge is 0.0323 e. The van der Waals surface area contributed by atoms with E-state index in [0.29, 0.717) is 0 Å². The van der Waals surface area contributed by atoms with E-state index in [1.54, 1.807) is 0 Å². The fourth-order valence-electron chi connectivity index (χ4n) is 0.606. The average molecular weight is 261 g/mol. The molecule has 0 aliphatic heterocycles. The molecule has 0 spiro atoms. The van der Waals surface area contributed by atoms with E-state index >= 15 is 0 Å². The third kappa shape index (κ3) is 1.70. The summed E-state index contributed by atoms with van der Waals surface area (Å²) in [5.41, 5.74) is 0.995. The van der Waals surface area contributed by atoms with Crippen molar-refractivity contribution in [3.63, 3.8) is 0 Å². The van der Waals surface area contributed by atoms with Crippen molar-refractivity contribution in [2.24, 2.45) is 0 Å². The highest BCUT2D eigenvalue weighted by Gasteiger charge is 1.94. The topological polar surface area (TPSA) is 0 Å². The highest BCUT2D eigenvalue weighted by Crippen LogP contribution is 2.23. The van der Waals surface area contributed by atoms with Crippen LogP contribution in [-0.4, -0.2) is 0 Å². The molecule has 0 aromatic heterocycles. The highest BCUT2D eigenvalue weighted by atomic mass is 79.9. The van der Waals surface area contributed by atoms with E-state index in [0.717, 1.165) is 14.5 Å². The first-order chi connectivity index (χ1) is 4.74. The Balaban J connectivity index is 3.16. The Morgan fingerprint density at radius 2 is 1.90 bits per heavy atom. The van der Waals surface area contributed by atoms with E-state index in [-0.39, 0.29) is 0 Å². The molecule has 0 amide bonds. The minimum Gasteiger partial charge on any atom is -0.0906 e. The molecule has 0 heterocycles. The second kappa shape index (κ2) is 3.35. The second-order valence-corrected chi connectivity index (χ2v) is 3.51. The summed E-state index contributed by atoms with van der Waals surface area (Å²) < 4.78 is 2.08. The monoisotopic (exact) mass is 259 g/mol. The molecule has 1 aromatic rings. The van der Waals surface area contributed by atoms with Gasteiger partial charge in [-0.05, 0) is 55.6 Å². The van der Waals surface area contributed by atoms with Crippen molar-refractivity contribution in [1.82, 2.24) is 0 Å². The normalized spacial score (nSPS) is 9.40. The fourth-order valence-corrected chi connectivity index (χ4v) is 1.23. The molecule has 2 heteroatoms. The molecule has 0 saturated heterocycles. The summed E-state index contributed by atoms with van der Waals surface area (Å²) >= 11 is 6.74. The Bertz CT molecular complexity index is 253. The molecule has 0 saturated carbocycles. The van der Waals surface area contributed by atoms with Gasteiger partial charge >= 0.3 is 0 Å². The molecule has 51 valence electrons. The first kappa shape index (κ1) is 8.02. The summed E-state index contributed by atoms with van der Waals surface area (Å²) in [5.74, 6) is 0. The van der Waals surface area contributed by atoms with Gasteiger partial charge in [-0.1, -0.05) is 12.6 Å². The van der Waals surface area contributed by atoms with Crippen molar-refractivity contribution in [2.75, 3.05) is 0 Å². The number of rotatable bonds is 1. The lowest BCUT2D eigenvalue weighted by Crippen LogP contribution is -1.73. The number of halogens is 2. The van der Waals surface area contributed by atoms with E-state index in [1.165, 1.54) is 0 Å². The maximum absolute atomic E-state index is 3.54. The Hall–Kier alpha value is -0.0800. The summed E-state index contributed by atoms with van der Waals surface area (Å²) in [6.45, 7) is 3.54. The zero-order chi connectivity index (χ0) is 7.56. The van der Waals surface area contributed by atoms with E-state index in [4.69, 9.17) is 0 Å². The number of hydrogen-bond donors (Lipinski definition) is 0. The van der Waals surface area contributed by atoms with Crippen molar-refractivity contribution >= 4 is 31.9 Å². The van der Waals surface area contributed by atoms with Crippen LogP contribution in [0.25, 0.3) is 0 Å². The molecule has 0 aliphatic rings. The third-order valence-corrected chi connectivity index (χ3v) is 3.00. The first-order valence-corrected chi connectivity index (χ1v) is 4.31. The van der Waals surface area contributed by atoms with Gasteiger partial charge in [0.05, 0.1) is 0 Å². The third-order valence-electron chi connectivity index (χ3n) is 1.12. The van der Waals surface area contributed by atoms with Gasteiger partial charge in [-0.15, -0.1) is 0 Å². The van der Waals surface area contributed by atoms with E-state index in [2.05, 4.69) is 44.5 Å². The SMILES string of the molecule is C=[C]c1ccc(Br)c(Br)c1. The van der Waals surface area contributed by atoms with Crippen LogP contribution in [-0.2, 0) is 0 Å². The molecule has 0 atom stereocenters. The average Bonchev–Trinajstić information content (AvgIpc) is 1.95. The quantitative estimate of drug-likeness (QED) is 0.725. The molecule has 10 heavy (non-hydrogen) atoms. The first-order valence-electron chi connectivity index (χ1n) is 2.72. The molecular formula is C8H5Br2. The van der Waals surface area contributed by atoms with Gasteiger partial charge in [0.1, 0.15) is 0 Å². The second-order valence-electron chi connectivity index (χ2n) is 1.81. The van der Waals surface area contributed by atoms with Crippen molar-refractivity contribution in [3.8, 4) is 0 Å². The van der Waals surface area contributed by atoms with Gasteiger partial charge in [0.25, 0.3) is 0 Å². The summed E-state index contributed by atoms with van der Waals surface area (Å²) in [6, 6.07) is 5.86. The van der Waals surface area contributed by atoms with Crippen LogP contribution in [0, 0.1) is 6.08 Å². The zero-order valence-electron chi connectivity index (χ0n) is 5.20. The van der Waals surface area contributed by atoms with Crippen molar-refractivity contribution in [1.29, 1.82) is 0 Å². The van der Waals surface area contributed by atoms with Gasteiger partial charge in [-0.3, -0.25) is 0 Å². The molecule has 1 rings (SSSR count). The predicted octanol–water partition coefficient (Wildman–Crippen LogP) is 3.55. The Morgan fingerprint density at radius 3 is 2.40 bits per heavy atom. The van der Waals surface area contributed by atoms with Crippen LogP contribution in [0.15, 0.2) is 33.7 Å². The van der Waals surface area contributed by atoms with Gasteiger partial charge in [0.15, 0.2) is 0 Å². The van der Waals surface area contributed by atoms with Crippen LogP contribution in [0.3, 0.4) is 0 Å². The molecule has 0 aliphatic carbocycles. The Kier molecular flexibility index (Phi) is 2.69. The van der Waals surface area contributed by atoms with Crippen LogP contribution < -0.4 is 0 Å². The maximum atomic E-state index is 3.54. The molecule has 0 nitrogen and oxygen atoms in total. The Labute approximate surface area is 77.2 Å². The van der Waals surface area contributed by atoms with E-state index < -0.39 is 0 Å². The molecule has 0 fully saturated rings.